The van der Waals surface area contributed by atoms with Crippen LogP contribution in [0.4, 0.5) is 21.6 Å². The van der Waals surface area contributed by atoms with E-state index in [4.69, 9.17) is 4.74 Å². The molecule has 25 heavy (non-hydrogen) atoms. The maximum absolute atomic E-state index is 13.9. The lowest BCUT2D eigenvalue weighted by molar-refractivity contribution is -0.116. The second kappa shape index (κ2) is 6.72. The monoisotopic (exact) mass is 340 g/mol. The molecule has 1 heterocycles. The van der Waals surface area contributed by atoms with Crippen molar-refractivity contribution in [3.05, 3.63) is 48.5 Å². The summed E-state index contributed by atoms with van der Waals surface area (Å²) >= 11 is 0. The van der Waals surface area contributed by atoms with Crippen molar-refractivity contribution in [3.63, 3.8) is 0 Å². The molecule has 0 aliphatic carbocycles. The second-order valence-electron chi connectivity index (χ2n) is 5.48. The van der Waals surface area contributed by atoms with Crippen LogP contribution in [0, 0.1) is 5.82 Å². The number of nitrogens with zero attached hydrogens (tertiary/aromatic N) is 3. The van der Waals surface area contributed by atoms with Gasteiger partial charge in [-0.05, 0) is 24.3 Å². The molecule has 0 radical (unpaired) electrons. The molecule has 128 valence electrons. The SMILES string of the molecule is COc1cc2c(Nc3cccc(N(C)C(C)=O)c3)ncnc2cc1F. The van der Waals surface area contributed by atoms with Crippen molar-refractivity contribution in [3.8, 4) is 5.75 Å². The van der Waals surface area contributed by atoms with Crippen molar-refractivity contribution in [1.82, 2.24) is 9.97 Å². The third-order valence-electron chi connectivity index (χ3n) is 3.88. The average Bonchev–Trinajstić information content (AvgIpc) is 2.61. The zero-order chi connectivity index (χ0) is 18.0. The summed E-state index contributed by atoms with van der Waals surface area (Å²) in [4.78, 5) is 21.4. The predicted molar refractivity (Wildman–Crippen MR) is 94.9 cm³/mol. The minimum atomic E-state index is -0.482. The van der Waals surface area contributed by atoms with Crippen LogP contribution in [0.5, 0.6) is 5.75 Å². The van der Waals surface area contributed by atoms with Gasteiger partial charge in [-0.3, -0.25) is 4.79 Å². The quantitative estimate of drug-likeness (QED) is 0.787. The first-order chi connectivity index (χ1) is 12.0. The highest BCUT2D eigenvalue weighted by molar-refractivity contribution is 5.93. The molecular weight excluding hydrogens is 323 g/mol. The Kier molecular flexibility index (Phi) is 4.47. The van der Waals surface area contributed by atoms with E-state index >= 15 is 0 Å². The molecule has 3 aromatic rings. The number of carbonyl (C=O) groups is 1. The van der Waals surface area contributed by atoms with E-state index in [1.165, 1.54) is 26.4 Å². The highest BCUT2D eigenvalue weighted by Gasteiger charge is 2.11. The van der Waals surface area contributed by atoms with E-state index in [0.29, 0.717) is 16.7 Å². The average molecular weight is 340 g/mol. The van der Waals surface area contributed by atoms with Gasteiger partial charge >= 0.3 is 0 Å². The highest BCUT2D eigenvalue weighted by Crippen LogP contribution is 2.29. The van der Waals surface area contributed by atoms with Crippen molar-refractivity contribution < 1.29 is 13.9 Å². The Labute approximate surface area is 144 Å². The molecule has 7 heteroatoms. The molecule has 0 aliphatic rings. The molecule has 2 aromatic carbocycles. The molecule has 0 spiro atoms. The van der Waals surface area contributed by atoms with Gasteiger partial charge in [0.25, 0.3) is 0 Å². The normalized spacial score (nSPS) is 10.6. The smallest absolute Gasteiger partial charge is 0.223 e. The number of hydrogen-bond acceptors (Lipinski definition) is 5. The number of ether oxygens (including phenoxy) is 1. The Balaban J connectivity index is 2.01. The first-order valence-electron chi connectivity index (χ1n) is 7.59. The molecule has 0 atom stereocenters. The van der Waals surface area contributed by atoms with Crippen molar-refractivity contribution >= 4 is 34.0 Å². The number of amides is 1. The zero-order valence-corrected chi connectivity index (χ0v) is 14.1. The highest BCUT2D eigenvalue weighted by atomic mass is 19.1. The van der Waals surface area contributed by atoms with Crippen LogP contribution in [0.25, 0.3) is 10.9 Å². The summed E-state index contributed by atoms with van der Waals surface area (Å²) < 4.78 is 18.9. The zero-order valence-electron chi connectivity index (χ0n) is 14.1. The third-order valence-corrected chi connectivity index (χ3v) is 3.88. The van der Waals surface area contributed by atoms with Gasteiger partial charge in [-0.1, -0.05) is 6.07 Å². The molecule has 1 aromatic heterocycles. The number of carbonyl (C=O) groups excluding carboxylic acids is 1. The van der Waals surface area contributed by atoms with Crippen LogP contribution in [-0.2, 0) is 4.79 Å². The number of fused-ring (bicyclic) bond motifs is 1. The molecule has 0 fully saturated rings. The van der Waals surface area contributed by atoms with Gasteiger partial charge in [0.2, 0.25) is 5.91 Å². The standard InChI is InChI=1S/C18H17FN4O2/c1-11(24)23(2)13-6-4-5-12(7-13)22-18-14-8-17(25-3)15(19)9-16(14)20-10-21-18/h4-10H,1-3H3,(H,20,21,22). The molecule has 0 unspecified atom stereocenters. The molecule has 6 nitrogen and oxygen atoms in total. The van der Waals surface area contributed by atoms with Crippen LogP contribution >= 0.6 is 0 Å². The maximum atomic E-state index is 13.9. The second-order valence-corrected chi connectivity index (χ2v) is 5.48. The number of halogens is 1. The minimum absolute atomic E-state index is 0.0650. The Morgan fingerprint density at radius 2 is 2.04 bits per heavy atom. The summed E-state index contributed by atoms with van der Waals surface area (Å²) in [6.07, 6.45) is 1.36. The summed E-state index contributed by atoms with van der Waals surface area (Å²) in [6, 6.07) is 10.2. The lowest BCUT2D eigenvalue weighted by Crippen LogP contribution is -2.22. The molecule has 0 saturated carbocycles. The first kappa shape index (κ1) is 16.6. The molecule has 1 amide bonds. The predicted octanol–water partition coefficient (Wildman–Crippen LogP) is 3.50. The van der Waals surface area contributed by atoms with Crippen molar-refractivity contribution in [1.29, 1.82) is 0 Å². The number of aromatic nitrogens is 2. The summed E-state index contributed by atoms with van der Waals surface area (Å²) in [5.41, 5.74) is 1.96. The lowest BCUT2D eigenvalue weighted by Gasteiger charge is -2.16. The van der Waals surface area contributed by atoms with Gasteiger partial charge < -0.3 is 15.0 Å². The number of nitrogens with one attached hydrogen (secondary N) is 1. The fraction of sp³-hybridized carbons (Fsp3) is 0.167. The lowest BCUT2D eigenvalue weighted by atomic mass is 10.2. The van der Waals surface area contributed by atoms with E-state index in [2.05, 4.69) is 15.3 Å². The molecular formula is C18H17FN4O2. The molecule has 0 saturated heterocycles. The van der Waals surface area contributed by atoms with Crippen molar-refractivity contribution in [2.24, 2.45) is 0 Å². The van der Waals surface area contributed by atoms with Gasteiger partial charge in [0.1, 0.15) is 12.1 Å². The van der Waals surface area contributed by atoms with Crippen molar-refractivity contribution in [2.75, 3.05) is 24.4 Å². The van der Waals surface area contributed by atoms with Crippen LogP contribution in [0.1, 0.15) is 6.92 Å². The third kappa shape index (κ3) is 3.35. The Morgan fingerprint density at radius 3 is 2.76 bits per heavy atom. The van der Waals surface area contributed by atoms with Gasteiger partial charge in [0.05, 0.1) is 12.6 Å². The Hall–Kier alpha value is -3.22. The molecule has 0 aliphatic heterocycles. The topological polar surface area (TPSA) is 67.3 Å². The fourth-order valence-corrected chi connectivity index (χ4v) is 2.42. The van der Waals surface area contributed by atoms with Gasteiger partial charge in [0, 0.05) is 36.8 Å². The Bertz CT molecular complexity index is 946. The summed E-state index contributed by atoms with van der Waals surface area (Å²) in [7, 11) is 3.11. The van der Waals surface area contributed by atoms with E-state index in [1.54, 1.807) is 18.0 Å². The van der Waals surface area contributed by atoms with Crippen molar-refractivity contribution in [2.45, 2.75) is 6.92 Å². The van der Waals surface area contributed by atoms with E-state index in [0.717, 1.165) is 11.4 Å². The first-order valence-corrected chi connectivity index (χ1v) is 7.59. The van der Waals surface area contributed by atoms with Gasteiger partial charge in [-0.15, -0.1) is 0 Å². The summed E-state index contributed by atoms with van der Waals surface area (Å²) in [6.45, 7) is 1.50. The summed E-state index contributed by atoms with van der Waals surface area (Å²) in [5, 5.41) is 3.82. The fourth-order valence-electron chi connectivity index (χ4n) is 2.42. The van der Waals surface area contributed by atoms with Crippen LogP contribution in [0.3, 0.4) is 0 Å². The molecule has 1 N–H and O–H groups in total. The van der Waals surface area contributed by atoms with Gasteiger partial charge in [-0.25, -0.2) is 14.4 Å². The van der Waals surface area contributed by atoms with Crippen LogP contribution in [0.2, 0.25) is 0 Å². The largest absolute Gasteiger partial charge is 0.494 e. The molecule has 3 rings (SSSR count). The number of benzene rings is 2. The maximum Gasteiger partial charge on any atom is 0.223 e. The number of anilines is 3. The van der Waals surface area contributed by atoms with E-state index in [9.17, 15) is 9.18 Å². The van der Waals surface area contributed by atoms with Gasteiger partial charge in [0.15, 0.2) is 11.6 Å². The number of hydrogen-bond donors (Lipinski definition) is 1. The van der Waals surface area contributed by atoms with E-state index < -0.39 is 5.82 Å². The van der Waals surface area contributed by atoms with Crippen LogP contribution < -0.4 is 15.0 Å². The van der Waals surface area contributed by atoms with Crippen LogP contribution in [0.15, 0.2) is 42.7 Å². The van der Waals surface area contributed by atoms with E-state index in [1.807, 2.05) is 24.3 Å². The van der Waals surface area contributed by atoms with E-state index in [-0.39, 0.29) is 11.7 Å². The van der Waals surface area contributed by atoms with Gasteiger partial charge in [-0.2, -0.15) is 0 Å². The Morgan fingerprint density at radius 1 is 1.24 bits per heavy atom. The summed E-state index contributed by atoms with van der Waals surface area (Å²) in [5.74, 6) is 0.0934. The number of rotatable bonds is 4. The van der Waals surface area contributed by atoms with Crippen LogP contribution in [-0.4, -0.2) is 30.0 Å². The minimum Gasteiger partial charge on any atom is -0.494 e. The molecule has 0 bridgehead atoms. The number of methoxy groups -OCH3 is 1.